The third-order valence-electron chi connectivity index (χ3n) is 3.57. The summed E-state index contributed by atoms with van der Waals surface area (Å²) in [5, 5.41) is 9.05. The molecule has 3 aromatic rings. The molecule has 0 bridgehead atoms. The van der Waals surface area contributed by atoms with Gasteiger partial charge in [0, 0.05) is 10.9 Å². The Hall–Kier alpha value is -3.03. The van der Waals surface area contributed by atoms with E-state index in [9.17, 15) is 31.9 Å². The Morgan fingerprint density at radius 2 is 1.72 bits per heavy atom. The van der Waals surface area contributed by atoms with Crippen LogP contribution in [0.2, 0.25) is 0 Å². The van der Waals surface area contributed by atoms with E-state index in [1.807, 2.05) is 0 Å². The Balaban J connectivity index is 2.31. The van der Waals surface area contributed by atoms with Crippen molar-refractivity contribution in [1.29, 1.82) is 0 Å². The van der Waals surface area contributed by atoms with Crippen LogP contribution in [0.5, 0.6) is 0 Å². The molecule has 0 aliphatic carbocycles. The van der Waals surface area contributed by atoms with Gasteiger partial charge in [-0.15, -0.1) is 0 Å². The Morgan fingerprint density at radius 1 is 1.00 bits per heavy atom. The smallest absolute Gasteiger partial charge is 0.416 e. The first kappa shape index (κ1) is 16.8. The molecular formula is C17H8F5NO2. The summed E-state index contributed by atoms with van der Waals surface area (Å²) >= 11 is 0. The number of carboxylic acid groups (broad SMARTS) is 1. The first-order valence-electron chi connectivity index (χ1n) is 6.87. The number of aromatic carboxylic acids is 1. The number of rotatable bonds is 2. The van der Waals surface area contributed by atoms with Crippen molar-refractivity contribution in [3.8, 4) is 11.3 Å². The fourth-order valence-electron chi connectivity index (χ4n) is 2.41. The van der Waals surface area contributed by atoms with Crippen LogP contribution < -0.4 is 0 Å². The van der Waals surface area contributed by atoms with Crippen molar-refractivity contribution in [3.05, 3.63) is 65.2 Å². The Morgan fingerprint density at radius 3 is 2.36 bits per heavy atom. The summed E-state index contributed by atoms with van der Waals surface area (Å²) in [5.41, 5.74) is -2.08. The molecule has 1 heterocycles. The first-order chi connectivity index (χ1) is 11.7. The molecule has 0 aliphatic heterocycles. The van der Waals surface area contributed by atoms with E-state index < -0.39 is 34.9 Å². The second-order valence-electron chi connectivity index (χ2n) is 5.21. The van der Waals surface area contributed by atoms with Gasteiger partial charge in [-0.3, -0.25) is 0 Å². The lowest BCUT2D eigenvalue weighted by atomic mass is 10.0. The second-order valence-corrected chi connectivity index (χ2v) is 5.21. The number of nitrogens with zero attached hydrogens (tertiary/aromatic N) is 1. The lowest BCUT2D eigenvalue weighted by molar-refractivity contribution is -0.137. The van der Waals surface area contributed by atoms with Gasteiger partial charge in [-0.1, -0.05) is 0 Å². The van der Waals surface area contributed by atoms with Gasteiger partial charge in [0.1, 0.15) is 11.6 Å². The minimum absolute atomic E-state index is 0.0773. The molecule has 1 N–H and O–H groups in total. The number of hydrogen-bond acceptors (Lipinski definition) is 2. The van der Waals surface area contributed by atoms with Crippen LogP contribution in [0.15, 0.2) is 42.5 Å². The average Bonchev–Trinajstić information content (AvgIpc) is 2.54. The van der Waals surface area contributed by atoms with Gasteiger partial charge in [-0.25, -0.2) is 18.6 Å². The van der Waals surface area contributed by atoms with Crippen LogP contribution in [0.3, 0.4) is 0 Å². The van der Waals surface area contributed by atoms with Crippen molar-refractivity contribution in [2.24, 2.45) is 0 Å². The van der Waals surface area contributed by atoms with Crippen molar-refractivity contribution in [2.45, 2.75) is 6.18 Å². The molecule has 0 fully saturated rings. The molecule has 3 nitrogen and oxygen atoms in total. The Bertz CT molecular complexity index is 998. The summed E-state index contributed by atoms with van der Waals surface area (Å²) in [6.45, 7) is 0. The normalized spacial score (nSPS) is 11.7. The van der Waals surface area contributed by atoms with E-state index >= 15 is 0 Å². The van der Waals surface area contributed by atoms with Crippen LogP contribution in [0.1, 0.15) is 15.9 Å². The quantitative estimate of drug-likeness (QED) is 0.667. The highest BCUT2D eigenvalue weighted by Gasteiger charge is 2.31. The summed E-state index contributed by atoms with van der Waals surface area (Å²) in [6, 6.07) is 5.88. The van der Waals surface area contributed by atoms with E-state index in [1.165, 1.54) is 0 Å². The molecule has 0 amide bonds. The van der Waals surface area contributed by atoms with E-state index in [2.05, 4.69) is 4.98 Å². The standard InChI is InChI=1S/C17H8F5NO2/c18-9-2-3-13(19)12(6-9)15-7-11(16(24)25)10-5-8(17(20,21)22)1-4-14(10)23-15/h1-7H,(H,24,25). The van der Waals surface area contributed by atoms with Crippen LogP contribution >= 0.6 is 0 Å². The number of halogens is 5. The highest BCUT2D eigenvalue weighted by molar-refractivity contribution is 6.04. The van der Waals surface area contributed by atoms with Crippen molar-refractivity contribution in [3.63, 3.8) is 0 Å². The number of carboxylic acids is 1. The van der Waals surface area contributed by atoms with Crippen molar-refractivity contribution >= 4 is 16.9 Å². The Kier molecular flexibility index (Phi) is 3.90. The number of carbonyl (C=O) groups is 1. The number of alkyl halides is 3. The molecule has 0 radical (unpaired) electrons. The number of aromatic nitrogens is 1. The molecule has 0 spiro atoms. The van der Waals surface area contributed by atoms with Gasteiger partial charge in [0.25, 0.3) is 0 Å². The summed E-state index contributed by atoms with van der Waals surface area (Å²) in [4.78, 5) is 15.4. The van der Waals surface area contributed by atoms with E-state index in [4.69, 9.17) is 0 Å². The summed E-state index contributed by atoms with van der Waals surface area (Å²) < 4.78 is 65.8. The van der Waals surface area contributed by atoms with Crippen molar-refractivity contribution < 1.29 is 31.9 Å². The van der Waals surface area contributed by atoms with Gasteiger partial charge in [-0.05, 0) is 42.5 Å². The number of pyridine rings is 1. The number of fused-ring (bicyclic) bond motifs is 1. The topological polar surface area (TPSA) is 50.2 Å². The van der Waals surface area contributed by atoms with Crippen molar-refractivity contribution in [2.75, 3.05) is 0 Å². The molecule has 0 saturated carbocycles. The molecule has 0 unspecified atom stereocenters. The van der Waals surface area contributed by atoms with Gasteiger partial charge in [0.15, 0.2) is 0 Å². The molecule has 3 rings (SSSR count). The highest BCUT2D eigenvalue weighted by Crippen LogP contribution is 2.33. The largest absolute Gasteiger partial charge is 0.478 e. The predicted molar refractivity (Wildman–Crippen MR) is 79.1 cm³/mol. The van der Waals surface area contributed by atoms with Gasteiger partial charge in [0.05, 0.1) is 22.3 Å². The van der Waals surface area contributed by atoms with E-state index in [0.29, 0.717) is 6.07 Å². The lowest BCUT2D eigenvalue weighted by Gasteiger charge is -2.11. The number of hydrogen-bond donors (Lipinski definition) is 1. The van der Waals surface area contributed by atoms with Crippen molar-refractivity contribution in [1.82, 2.24) is 4.98 Å². The molecule has 0 saturated heterocycles. The minimum atomic E-state index is -4.66. The maximum atomic E-state index is 13.9. The summed E-state index contributed by atoms with van der Waals surface area (Å²) in [5.74, 6) is -3.11. The molecule has 2 aromatic carbocycles. The minimum Gasteiger partial charge on any atom is -0.478 e. The molecule has 25 heavy (non-hydrogen) atoms. The third-order valence-corrected chi connectivity index (χ3v) is 3.57. The summed E-state index contributed by atoms with van der Waals surface area (Å²) in [7, 11) is 0. The molecule has 0 aliphatic rings. The van der Waals surface area contributed by atoms with Crippen LogP contribution in [0.25, 0.3) is 22.2 Å². The predicted octanol–water partition coefficient (Wildman–Crippen LogP) is 4.90. The van der Waals surface area contributed by atoms with Crippen LogP contribution in [-0.4, -0.2) is 16.1 Å². The monoisotopic (exact) mass is 353 g/mol. The summed E-state index contributed by atoms with van der Waals surface area (Å²) in [6.07, 6.45) is -4.66. The fraction of sp³-hybridized carbons (Fsp3) is 0.0588. The van der Waals surface area contributed by atoms with Gasteiger partial charge in [-0.2, -0.15) is 13.2 Å². The molecule has 8 heteroatoms. The van der Waals surface area contributed by atoms with E-state index in [1.54, 1.807) is 0 Å². The lowest BCUT2D eigenvalue weighted by Crippen LogP contribution is -2.06. The zero-order valence-corrected chi connectivity index (χ0v) is 12.2. The fourth-order valence-corrected chi connectivity index (χ4v) is 2.41. The van der Waals surface area contributed by atoms with Gasteiger partial charge < -0.3 is 5.11 Å². The number of benzene rings is 2. The average molecular weight is 353 g/mol. The van der Waals surface area contributed by atoms with Gasteiger partial charge in [0.2, 0.25) is 0 Å². The van der Waals surface area contributed by atoms with Crippen LogP contribution in [-0.2, 0) is 6.18 Å². The SMILES string of the molecule is O=C(O)c1cc(-c2cc(F)ccc2F)nc2ccc(C(F)(F)F)cc12. The molecule has 1 aromatic heterocycles. The molecular weight excluding hydrogens is 345 g/mol. The second kappa shape index (κ2) is 5.80. The zero-order chi connectivity index (χ0) is 18.4. The maximum absolute atomic E-state index is 13.9. The zero-order valence-electron chi connectivity index (χ0n) is 12.2. The van der Waals surface area contributed by atoms with Crippen LogP contribution in [0, 0.1) is 11.6 Å². The van der Waals surface area contributed by atoms with E-state index in [-0.39, 0.29) is 22.2 Å². The Labute approximate surface area is 137 Å². The first-order valence-corrected chi connectivity index (χ1v) is 6.87. The third kappa shape index (κ3) is 3.15. The molecule has 0 atom stereocenters. The van der Waals surface area contributed by atoms with Crippen LogP contribution in [0.4, 0.5) is 22.0 Å². The maximum Gasteiger partial charge on any atom is 0.416 e. The highest BCUT2D eigenvalue weighted by atomic mass is 19.4. The van der Waals surface area contributed by atoms with Gasteiger partial charge >= 0.3 is 12.1 Å². The van der Waals surface area contributed by atoms with E-state index in [0.717, 1.165) is 36.4 Å². The molecule has 128 valence electrons.